The molecule has 4 N–H and O–H groups in total. The van der Waals surface area contributed by atoms with Gasteiger partial charge in [0, 0.05) is 64.7 Å². The number of likely N-dealkylation sites (tertiary alicyclic amines) is 1. The SMILES string of the molecule is COc1cc(C(=O)NCCCCCNC(=O)COc2ccccc2Cn2cc(-c3c(C)noc3C)ccc2=O)ccc1NCC#Cc1cc2c(NC3CCN(C)CC3)cccc2n1CC(F)(F)F. The largest absolute Gasteiger partial charge is 0.495 e. The fourth-order valence-corrected chi connectivity index (χ4v) is 8.30. The Morgan fingerprint density at radius 3 is 2.44 bits per heavy atom. The molecule has 1 aliphatic rings. The van der Waals surface area contributed by atoms with Gasteiger partial charge in [-0.3, -0.25) is 14.4 Å². The highest BCUT2D eigenvalue weighted by atomic mass is 19.4. The second-order valence-electron chi connectivity index (χ2n) is 16.9. The zero-order chi connectivity index (χ0) is 48.2. The molecule has 3 aromatic heterocycles. The summed E-state index contributed by atoms with van der Waals surface area (Å²) >= 11 is 0. The molecule has 4 heterocycles. The lowest BCUT2D eigenvalue weighted by atomic mass is 10.0. The summed E-state index contributed by atoms with van der Waals surface area (Å²) in [4.78, 5) is 40.7. The number of carbonyl (C=O) groups is 2. The summed E-state index contributed by atoms with van der Waals surface area (Å²) in [5, 5.41) is 17.2. The third kappa shape index (κ3) is 12.8. The molecule has 68 heavy (non-hydrogen) atoms. The van der Waals surface area contributed by atoms with Crippen molar-refractivity contribution in [3.8, 4) is 34.5 Å². The highest BCUT2D eigenvalue weighted by molar-refractivity contribution is 5.95. The number of nitrogens with one attached hydrogen (secondary N) is 4. The van der Waals surface area contributed by atoms with Gasteiger partial charge in [0.05, 0.1) is 42.8 Å². The minimum atomic E-state index is -4.44. The molecule has 0 aliphatic carbocycles. The Morgan fingerprint density at radius 2 is 1.69 bits per heavy atom. The van der Waals surface area contributed by atoms with Crippen LogP contribution in [-0.4, -0.2) is 96.7 Å². The van der Waals surface area contributed by atoms with Gasteiger partial charge in [-0.15, -0.1) is 0 Å². The number of benzene rings is 3. The van der Waals surface area contributed by atoms with E-state index < -0.39 is 12.7 Å². The molecule has 2 amide bonds. The van der Waals surface area contributed by atoms with Crippen molar-refractivity contribution in [3.63, 3.8) is 0 Å². The number of methoxy groups -OCH3 is 1. The van der Waals surface area contributed by atoms with Crippen molar-refractivity contribution in [2.24, 2.45) is 0 Å². The van der Waals surface area contributed by atoms with Gasteiger partial charge in [-0.2, -0.15) is 13.2 Å². The number of ether oxygens (including phenoxy) is 2. The molecule has 0 bridgehead atoms. The molecule has 0 unspecified atom stereocenters. The number of carbonyl (C=O) groups excluding carboxylic acids is 2. The van der Waals surface area contributed by atoms with E-state index >= 15 is 0 Å². The van der Waals surface area contributed by atoms with Crippen molar-refractivity contribution in [3.05, 3.63) is 124 Å². The Balaban J connectivity index is 0.836. The summed E-state index contributed by atoms with van der Waals surface area (Å²) in [6, 6.07) is 22.8. The molecule has 3 aromatic carbocycles. The summed E-state index contributed by atoms with van der Waals surface area (Å²) < 4.78 is 60.8. The fraction of sp³-hybridized carbons (Fsp3) is 0.373. The van der Waals surface area contributed by atoms with Crippen molar-refractivity contribution in [1.82, 2.24) is 29.8 Å². The topological polar surface area (TPSA) is 157 Å². The number of hydrogen-bond acceptors (Lipinski definition) is 10. The normalized spacial score (nSPS) is 13.2. The number of fused-ring (bicyclic) bond motifs is 1. The number of aryl methyl sites for hydroxylation is 2. The highest BCUT2D eigenvalue weighted by Gasteiger charge is 2.30. The fourth-order valence-electron chi connectivity index (χ4n) is 8.30. The van der Waals surface area contributed by atoms with Crippen molar-refractivity contribution < 1.29 is 36.8 Å². The maximum atomic E-state index is 13.8. The van der Waals surface area contributed by atoms with Gasteiger partial charge in [0.2, 0.25) is 0 Å². The number of aromatic nitrogens is 3. The minimum Gasteiger partial charge on any atom is -0.495 e. The van der Waals surface area contributed by atoms with E-state index in [2.05, 4.69) is 50.2 Å². The zero-order valence-corrected chi connectivity index (χ0v) is 38.7. The minimum absolute atomic E-state index is 0.114. The molecule has 358 valence electrons. The second-order valence-corrected chi connectivity index (χ2v) is 16.9. The van der Waals surface area contributed by atoms with E-state index in [9.17, 15) is 27.6 Å². The first-order valence-electron chi connectivity index (χ1n) is 22.7. The number of hydrogen-bond donors (Lipinski definition) is 4. The van der Waals surface area contributed by atoms with Gasteiger partial charge in [-0.05, 0) is 121 Å². The van der Waals surface area contributed by atoms with Crippen LogP contribution in [0.5, 0.6) is 11.5 Å². The summed E-state index contributed by atoms with van der Waals surface area (Å²) in [6.45, 7) is 5.44. The number of para-hydroxylation sites is 1. The van der Waals surface area contributed by atoms with Crippen molar-refractivity contribution >= 4 is 34.1 Å². The van der Waals surface area contributed by atoms with E-state index in [1.54, 1.807) is 65.4 Å². The van der Waals surface area contributed by atoms with E-state index in [1.807, 2.05) is 32.0 Å². The van der Waals surface area contributed by atoms with Crippen molar-refractivity contribution in [2.45, 2.75) is 71.3 Å². The first kappa shape index (κ1) is 48.7. The number of alkyl halides is 3. The van der Waals surface area contributed by atoms with Gasteiger partial charge in [-0.25, -0.2) is 0 Å². The predicted octanol–water partition coefficient (Wildman–Crippen LogP) is 7.76. The van der Waals surface area contributed by atoms with E-state index in [4.69, 9.17) is 14.0 Å². The lowest BCUT2D eigenvalue weighted by Crippen LogP contribution is -2.36. The molecule has 6 aromatic rings. The second kappa shape index (κ2) is 22.5. The van der Waals surface area contributed by atoms with Crippen LogP contribution in [0.2, 0.25) is 0 Å². The third-order valence-corrected chi connectivity index (χ3v) is 11.8. The number of pyridine rings is 1. The van der Waals surface area contributed by atoms with Crippen LogP contribution >= 0.6 is 0 Å². The highest BCUT2D eigenvalue weighted by Crippen LogP contribution is 2.32. The maximum absolute atomic E-state index is 13.8. The average molecular weight is 935 g/mol. The van der Waals surface area contributed by atoms with Crippen LogP contribution in [0.4, 0.5) is 24.5 Å². The first-order valence-corrected chi connectivity index (χ1v) is 22.7. The molecule has 1 fully saturated rings. The number of rotatable bonds is 19. The molecule has 7 rings (SSSR count). The van der Waals surface area contributed by atoms with Gasteiger partial charge in [0.1, 0.15) is 23.8 Å². The molecule has 14 nitrogen and oxygen atoms in total. The Morgan fingerprint density at radius 1 is 0.912 bits per heavy atom. The maximum Gasteiger partial charge on any atom is 0.406 e. The smallest absolute Gasteiger partial charge is 0.406 e. The predicted molar refractivity (Wildman–Crippen MR) is 256 cm³/mol. The first-order chi connectivity index (χ1) is 32.8. The Labute approximate surface area is 393 Å². The number of unbranched alkanes of at least 4 members (excludes halogenated alkanes) is 2. The number of amides is 2. The summed E-state index contributed by atoms with van der Waals surface area (Å²) in [5.41, 5.74) is 5.42. The van der Waals surface area contributed by atoms with Crippen LogP contribution in [0.1, 0.15) is 65.2 Å². The van der Waals surface area contributed by atoms with Gasteiger partial charge in [0.25, 0.3) is 17.4 Å². The number of halogens is 3. The van der Waals surface area contributed by atoms with E-state index in [0.29, 0.717) is 65.3 Å². The lowest BCUT2D eigenvalue weighted by Gasteiger charge is -2.30. The third-order valence-electron chi connectivity index (χ3n) is 11.8. The van der Waals surface area contributed by atoms with Crippen LogP contribution in [0, 0.1) is 25.7 Å². The van der Waals surface area contributed by atoms with Crippen LogP contribution in [-0.2, 0) is 17.9 Å². The standard InChI is InChI=1S/C51H57F3N8O6/c1-34-49(35(2)68-59-34)38-18-20-48(64)61(31-38)30-37-12-6-7-16-45(37)67-32-47(63)56-23-8-5-9-24-57-50(65)36-17-19-43(46(28-36)66-4)55-25-11-13-40-29-41-42(58-39-21-26-60(3)27-22-39)14-10-15-44(41)62(40)33-51(52,53)54/h6-7,10,12,14-20,28-29,31,39,55,58H,5,8-9,21-27,30,32-33H2,1-4H3,(H,56,63)(H,57,65). The number of piperidine rings is 1. The van der Waals surface area contributed by atoms with Crippen LogP contribution in [0.15, 0.2) is 94.4 Å². The molecule has 0 radical (unpaired) electrons. The van der Waals surface area contributed by atoms with Crippen molar-refractivity contribution in [2.75, 3.05) is 64.1 Å². The molecule has 0 spiro atoms. The molecule has 1 aliphatic heterocycles. The molecule has 17 heteroatoms. The Kier molecular flexibility index (Phi) is 16.2. The van der Waals surface area contributed by atoms with Gasteiger partial charge in [-0.1, -0.05) is 35.3 Å². The van der Waals surface area contributed by atoms with Gasteiger partial charge in [0.15, 0.2) is 6.61 Å². The van der Waals surface area contributed by atoms with E-state index in [1.165, 1.54) is 17.7 Å². The Bertz CT molecular complexity index is 2810. The van der Waals surface area contributed by atoms with Crippen molar-refractivity contribution in [1.29, 1.82) is 0 Å². The quantitative estimate of drug-likeness (QED) is 0.0468. The number of nitrogens with zero attached hydrogens (tertiary/aromatic N) is 4. The van der Waals surface area contributed by atoms with E-state index in [0.717, 1.165) is 60.4 Å². The summed E-state index contributed by atoms with van der Waals surface area (Å²) in [5.74, 6) is 6.93. The van der Waals surface area contributed by atoms with Gasteiger partial charge >= 0.3 is 6.18 Å². The van der Waals surface area contributed by atoms with Crippen LogP contribution in [0.3, 0.4) is 0 Å². The summed E-state index contributed by atoms with van der Waals surface area (Å²) in [7, 11) is 3.57. The number of anilines is 2. The average Bonchev–Trinajstić information content (AvgIpc) is 3.85. The lowest BCUT2D eigenvalue weighted by molar-refractivity contribution is -0.140. The summed E-state index contributed by atoms with van der Waals surface area (Å²) in [6.07, 6.45) is 1.36. The van der Waals surface area contributed by atoms with E-state index in [-0.39, 0.29) is 48.8 Å². The molecular weight excluding hydrogens is 878 g/mol. The monoisotopic (exact) mass is 934 g/mol. The molecule has 1 saturated heterocycles. The zero-order valence-electron chi connectivity index (χ0n) is 38.7. The van der Waals surface area contributed by atoms with Gasteiger partial charge < -0.3 is 49.3 Å². The molecule has 0 atom stereocenters. The molecule has 0 saturated carbocycles. The Hall–Kier alpha value is -7.19. The van der Waals surface area contributed by atoms with Crippen LogP contribution in [0.25, 0.3) is 22.0 Å². The van der Waals surface area contributed by atoms with Crippen LogP contribution < -0.4 is 36.3 Å². The molecular formula is C51H57F3N8O6.